The minimum Gasteiger partial charge on any atom is -0.449 e. The monoisotopic (exact) mass is 466 g/mol. The normalized spacial score (nSPS) is 19.0. The Balaban J connectivity index is 1.07. The van der Waals surface area contributed by atoms with E-state index in [-0.39, 0.29) is 17.4 Å². The number of likely N-dealkylation sites (tertiary alicyclic amines) is 1. The second-order valence-corrected chi connectivity index (χ2v) is 9.65. The molecule has 1 saturated heterocycles. The second kappa shape index (κ2) is 8.71. The van der Waals surface area contributed by atoms with Gasteiger partial charge >= 0.3 is 6.03 Å². The van der Waals surface area contributed by atoms with Crippen LogP contribution >= 0.6 is 11.6 Å². The zero-order valence-electron chi connectivity index (χ0n) is 18.6. The van der Waals surface area contributed by atoms with Crippen molar-refractivity contribution in [3.63, 3.8) is 0 Å². The third-order valence-corrected chi connectivity index (χ3v) is 7.45. The molecule has 1 aliphatic carbocycles. The number of hydrogen-bond donors (Lipinski definition) is 2. The van der Waals surface area contributed by atoms with E-state index in [9.17, 15) is 9.59 Å². The van der Waals surface area contributed by atoms with E-state index in [2.05, 4.69) is 15.6 Å². The van der Waals surface area contributed by atoms with Crippen molar-refractivity contribution in [3.05, 3.63) is 64.6 Å². The van der Waals surface area contributed by atoms with Crippen molar-refractivity contribution in [3.8, 4) is 0 Å². The summed E-state index contributed by atoms with van der Waals surface area (Å²) in [5.74, 6) is 0.566. The molecule has 1 atom stereocenters. The molecule has 33 heavy (non-hydrogen) atoms. The summed E-state index contributed by atoms with van der Waals surface area (Å²) >= 11 is 6.27. The zero-order chi connectivity index (χ0) is 23.0. The van der Waals surface area contributed by atoms with Crippen LogP contribution in [0.4, 0.5) is 4.79 Å². The Morgan fingerprint density at radius 2 is 2.03 bits per heavy atom. The maximum absolute atomic E-state index is 12.6. The van der Waals surface area contributed by atoms with Crippen LogP contribution in [0.15, 0.2) is 47.1 Å². The molecular formula is C25H27ClN4O3. The first-order valence-corrected chi connectivity index (χ1v) is 11.7. The molecular weight excluding hydrogens is 440 g/mol. The number of rotatable bonds is 5. The quantitative estimate of drug-likeness (QED) is 0.578. The molecule has 1 saturated carbocycles. The van der Waals surface area contributed by atoms with Crippen LogP contribution in [0.5, 0.6) is 0 Å². The van der Waals surface area contributed by atoms with Crippen LogP contribution in [0.1, 0.15) is 40.9 Å². The Bertz CT molecular complexity index is 1170. The average Bonchev–Trinajstić information content (AvgIpc) is 3.28. The Morgan fingerprint density at radius 1 is 1.21 bits per heavy atom. The Kier molecular flexibility index (Phi) is 5.74. The van der Waals surface area contributed by atoms with E-state index >= 15 is 0 Å². The first-order valence-electron chi connectivity index (χ1n) is 11.3. The number of amides is 3. The number of piperidine rings is 1. The highest BCUT2D eigenvalue weighted by molar-refractivity contribution is 6.31. The molecule has 7 nitrogen and oxygen atoms in total. The van der Waals surface area contributed by atoms with Crippen molar-refractivity contribution in [2.45, 2.75) is 32.7 Å². The number of nitrogens with one attached hydrogen (secondary N) is 2. The standard InChI is InChI=1S/C25H27ClN4O3/c1-16-2-3-18(20(26)10-16)13-29-24(32)30-8-5-25(6-9-30)12-19(25)14-28-23(31)21-11-17-4-7-27-15-22(17)33-21/h2-4,7,10-11,15,19H,5-6,8-9,12-14H2,1H3,(H,28,31)(H,29,32). The van der Waals surface area contributed by atoms with Gasteiger partial charge in [0, 0.05) is 42.8 Å². The minimum absolute atomic E-state index is 0.0497. The van der Waals surface area contributed by atoms with Crippen molar-refractivity contribution in [2.75, 3.05) is 19.6 Å². The van der Waals surface area contributed by atoms with Crippen molar-refractivity contribution < 1.29 is 14.0 Å². The predicted molar refractivity (Wildman–Crippen MR) is 126 cm³/mol. The molecule has 5 rings (SSSR count). The van der Waals surface area contributed by atoms with Crippen LogP contribution in [0.3, 0.4) is 0 Å². The van der Waals surface area contributed by atoms with Gasteiger partial charge in [-0.3, -0.25) is 9.78 Å². The Labute approximate surface area is 197 Å². The maximum atomic E-state index is 12.6. The lowest BCUT2D eigenvalue weighted by molar-refractivity contribution is 0.0922. The second-order valence-electron chi connectivity index (χ2n) is 9.24. The summed E-state index contributed by atoms with van der Waals surface area (Å²) in [5.41, 5.74) is 2.87. The zero-order valence-corrected chi connectivity index (χ0v) is 19.3. The highest BCUT2D eigenvalue weighted by atomic mass is 35.5. The summed E-state index contributed by atoms with van der Waals surface area (Å²) in [5, 5.41) is 7.55. The number of carbonyl (C=O) groups excluding carboxylic acids is 2. The fraction of sp³-hybridized carbons (Fsp3) is 0.400. The van der Waals surface area contributed by atoms with Crippen LogP contribution in [0.2, 0.25) is 5.02 Å². The van der Waals surface area contributed by atoms with Crippen molar-refractivity contribution in [1.29, 1.82) is 0 Å². The SMILES string of the molecule is Cc1ccc(CNC(=O)N2CCC3(CC2)CC3CNC(=O)c2cc3ccncc3o2)c(Cl)c1. The molecule has 0 bridgehead atoms. The van der Waals surface area contributed by atoms with Gasteiger partial charge in [0.25, 0.3) is 5.91 Å². The number of urea groups is 1. The Hall–Kier alpha value is -3.06. The molecule has 8 heteroatoms. The highest BCUT2D eigenvalue weighted by Crippen LogP contribution is 2.59. The summed E-state index contributed by atoms with van der Waals surface area (Å²) in [4.78, 5) is 31.0. The summed E-state index contributed by atoms with van der Waals surface area (Å²) in [6, 6.07) is 9.38. The van der Waals surface area contributed by atoms with E-state index < -0.39 is 0 Å². The number of nitrogens with zero attached hydrogens (tertiary/aromatic N) is 2. The van der Waals surface area contributed by atoms with Crippen molar-refractivity contribution in [1.82, 2.24) is 20.5 Å². The number of benzene rings is 1. The summed E-state index contributed by atoms with van der Waals surface area (Å²) in [6.45, 7) is 4.51. The van der Waals surface area contributed by atoms with Gasteiger partial charge < -0.3 is 20.0 Å². The molecule has 3 heterocycles. The number of carbonyl (C=O) groups is 2. The van der Waals surface area contributed by atoms with Crippen LogP contribution in [-0.4, -0.2) is 41.5 Å². The van der Waals surface area contributed by atoms with Crippen molar-refractivity contribution in [2.24, 2.45) is 11.3 Å². The number of furan rings is 1. The lowest BCUT2D eigenvalue weighted by Crippen LogP contribution is -2.45. The van der Waals surface area contributed by atoms with Crippen LogP contribution in [0.25, 0.3) is 11.0 Å². The van der Waals surface area contributed by atoms with Crippen LogP contribution in [-0.2, 0) is 6.54 Å². The van der Waals surface area contributed by atoms with E-state index in [0.29, 0.717) is 35.4 Å². The molecule has 3 aromatic rings. The number of aryl methyl sites for hydroxylation is 1. The van der Waals surface area contributed by atoms with Gasteiger partial charge in [-0.15, -0.1) is 0 Å². The number of halogens is 1. The number of hydrogen-bond acceptors (Lipinski definition) is 4. The molecule has 2 aliphatic rings. The molecule has 1 aromatic carbocycles. The van der Waals surface area contributed by atoms with E-state index in [0.717, 1.165) is 48.9 Å². The first kappa shape index (κ1) is 21.8. The fourth-order valence-corrected chi connectivity index (χ4v) is 5.17. The molecule has 3 amide bonds. The lowest BCUT2D eigenvalue weighted by atomic mass is 9.91. The molecule has 2 aromatic heterocycles. The van der Waals surface area contributed by atoms with E-state index in [1.165, 1.54) is 0 Å². The van der Waals surface area contributed by atoms with Gasteiger partial charge in [0.15, 0.2) is 11.3 Å². The van der Waals surface area contributed by atoms with E-state index in [1.807, 2.05) is 36.1 Å². The lowest BCUT2D eigenvalue weighted by Gasteiger charge is -2.33. The van der Waals surface area contributed by atoms with Gasteiger partial charge in [-0.2, -0.15) is 0 Å². The number of fused-ring (bicyclic) bond motifs is 1. The Morgan fingerprint density at radius 3 is 2.79 bits per heavy atom. The largest absolute Gasteiger partial charge is 0.449 e. The van der Waals surface area contributed by atoms with Crippen LogP contribution in [0, 0.1) is 18.3 Å². The molecule has 1 aliphatic heterocycles. The van der Waals surface area contributed by atoms with Gasteiger partial charge in [0.2, 0.25) is 0 Å². The van der Waals surface area contributed by atoms with E-state index in [1.54, 1.807) is 18.5 Å². The average molecular weight is 467 g/mol. The van der Waals surface area contributed by atoms with Gasteiger partial charge in [-0.25, -0.2) is 4.79 Å². The molecule has 172 valence electrons. The molecule has 0 radical (unpaired) electrons. The smallest absolute Gasteiger partial charge is 0.317 e. The summed E-state index contributed by atoms with van der Waals surface area (Å²) in [7, 11) is 0. The molecule has 2 N–H and O–H groups in total. The molecule has 1 spiro atoms. The first-order chi connectivity index (χ1) is 15.9. The number of aromatic nitrogens is 1. The predicted octanol–water partition coefficient (Wildman–Crippen LogP) is 4.53. The van der Waals surface area contributed by atoms with Gasteiger partial charge in [0.1, 0.15) is 0 Å². The van der Waals surface area contributed by atoms with Gasteiger partial charge in [-0.1, -0.05) is 23.7 Å². The highest BCUT2D eigenvalue weighted by Gasteiger charge is 2.54. The van der Waals surface area contributed by atoms with Gasteiger partial charge in [0.05, 0.1) is 6.20 Å². The minimum atomic E-state index is -0.195. The maximum Gasteiger partial charge on any atom is 0.317 e. The van der Waals surface area contributed by atoms with E-state index in [4.69, 9.17) is 16.0 Å². The topological polar surface area (TPSA) is 87.5 Å². The third kappa shape index (κ3) is 4.55. The number of pyridine rings is 1. The summed E-state index contributed by atoms with van der Waals surface area (Å²) < 4.78 is 5.59. The van der Waals surface area contributed by atoms with Gasteiger partial charge in [-0.05, 0) is 66.8 Å². The summed E-state index contributed by atoms with van der Waals surface area (Å²) in [6.07, 6.45) is 6.30. The molecule has 1 unspecified atom stereocenters. The molecule has 2 fully saturated rings. The third-order valence-electron chi connectivity index (χ3n) is 7.10. The van der Waals surface area contributed by atoms with Crippen LogP contribution < -0.4 is 10.6 Å². The van der Waals surface area contributed by atoms with Crippen molar-refractivity contribution >= 4 is 34.5 Å². The fourth-order valence-electron chi connectivity index (χ4n) is 4.87.